The number of carbonyl (C=O) groups is 4. The zero-order chi connectivity index (χ0) is 27.3. The molecule has 0 spiro atoms. The smallest absolute Gasteiger partial charge is 0.326 e. The van der Waals surface area contributed by atoms with Gasteiger partial charge in [0.05, 0.1) is 6.04 Å². The highest BCUT2D eigenvalue weighted by molar-refractivity contribution is 5.94. The number of unbranched alkanes of at least 4 members (excludes halogenated alkanes) is 1. The van der Waals surface area contributed by atoms with Gasteiger partial charge in [0.1, 0.15) is 18.1 Å². The fourth-order valence-electron chi connectivity index (χ4n) is 3.71. The van der Waals surface area contributed by atoms with Crippen molar-refractivity contribution in [2.75, 3.05) is 6.54 Å². The molecule has 8 N–H and O–H groups in total. The second-order valence-electron chi connectivity index (χ2n) is 9.58. The van der Waals surface area contributed by atoms with Crippen molar-refractivity contribution in [1.29, 1.82) is 0 Å². The molecule has 3 amide bonds. The number of aliphatic carboxylic acids is 1. The van der Waals surface area contributed by atoms with E-state index >= 15 is 0 Å². The first-order valence-electron chi connectivity index (χ1n) is 12.6. The van der Waals surface area contributed by atoms with E-state index in [0.29, 0.717) is 32.2 Å². The molecule has 0 bridgehead atoms. The van der Waals surface area contributed by atoms with Gasteiger partial charge in [0, 0.05) is 0 Å². The van der Waals surface area contributed by atoms with Crippen molar-refractivity contribution in [2.24, 2.45) is 23.3 Å². The average molecular weight is 506 g/mol. The minimum absolute atomic E-state index is 0.229. The number of hydrogen-bond donors (Lipinski definition) is 6. The van der Waals surface area contributed by atoms with E-state index in [9.17, 15) is 24.3 Å². The predicted molar refractivity (Wildman–Crippen MR) is 139 cm³/mol. The van der Waals surface area contributed by atoms with Crippen LogP contribution in [0.2, 0.25) is 0 Å². The molecule has 1 rings (SSSR count). The second kappa shape index (κ2) is 15.9. The third-order valence-corrected chi connectivity index (χ3v) is 6.24. The van der Waals surface area contributed by atoms with Gasteiger partial charge in [-0.15, -0.1) is 0 Å². The number of nitrogens with one attached hydrogen (secondary N) is 3. The van der Waals surface area contributed by atoms with Crippen LogP contribution in [0.15, 0.2) is 30.3 Å². The first-order valence-corrected chi connectivity index (χ1v) is 12.6. The summed E-state index contributed by atoms with van der Waals surface area (Å²) in [5, 5.41) is 17.4. The van der Waals surface area contributed by atoms with Crippen molar-refractivity contribution in [3.8, 4) is 0 Å². The lowest BCUT2D eigenvalue weighted by Crippen LogP contribution is -2.59. The Bertz CT molecular complexity index is 848. The predicted octanol–water partition coefficient (Wildman–Crippen LogP) is 0.927. The van der Waals surface area contributed by atoms with Gasteiger partial charge in [0.15, 0.2) is 0 Å². The Balaban J connectivity index is 2.98. The summed E-state index contributed by atoms with van der Waals surface area (Å²) in [6.07, 6.45) is 2.42. The summed E-state index contributed by atoms with van der Waals surface area (Å²) in [7, 11) is 0. The van der Waals surface area contributed by atoms with Crippen LogP contribution in [-0.2, 0) is 25.6 Å². The first-order chi connectivity index (χ1) is 17.0. The number of carbonyl (C=O) groups excluding carboxylic acids is 3. The van der Waals surface area contributed by atoms with Gasteiger partial charge < -0.3 is 32.5 Å². The first kappa shape index (κ1) is 31.1. The zero-order valence-electron chi connectivity index (χ0n) is 21.8. The summed E-state index contributed by atoms with van der Waals surface area (Å²) >= 11 is 0. The number of carboxylic acid groups (broad SMARTS) is 1. The van der Waals surface area contributed by atoms with Crippen LogP contribution in [0.25, 0.3) is 0 Å². The Kier molecular flexibility index (Phi) is 13.7. The van der Waals surface area contributed by atoms with Crippen molar-refractivity contribution in [1.82, 2.24) is 16.0 Å². The summed E-state index contributed by atoms with van der Waals surface area (Å²) in [5.74, 6) is -3.29. The van der Waals surface area contributed by atoms with Crippen LogP contribution < -0.4 is 27.4 Å². The number of hydrogen-bond acceptors (Lipinski definition) is 6. The molecule has 0 aliphatic heterocycles. The summed E-state index contributed by atoms with van der Waals surface area (Å²) in [6.45, 7) is 7.53. The highest BCUT2D eigenvalue weighted by Crippen LogP contribution is 2.12. The monoisotopic (exact) mass is 505 g/mol. The van der Waals surface area contributed by atoms with Crippen LogP contribution in [0.5, 0.6) is 0 Å². The molecule has 0 fully saturated rings. The van der Waals surface area contributed by atoms with E-state index in [1.807, 2.05) is 44.2 Å². The standard InChI is InChI=1S/C26H43N5O5/c1-5-17(4)22(31-23(32)19(28)15-18-11-7-6-8-12-18)25(34)29-20(13-9-10-14-27)24(33)30-21(16(2)3)26(35)36/h6-8,11-12,16-17,19-22H,5,9-10,13-15,27-28H2,1-4H3,(H,29,34)(H,30,33)(H,31,32)(H,35,36). The van der Waals surface area contributed by atoms with Crippen molar-refractivity contribution in [2.45, 2.75) is 84.0 Å². The number of amides is 3. The van der Waals surface area contributed by atoms with Gasteiger partial charge in [-0.3, -0.25) is 14.4 Å². The number of benzene rings is 1. The van der Waals surface area contributed by atoms with Crippen LogP contribution in [0.3, 0.4) is 0 Å². The van der Waals surface area contributed by atoms with Crippen molar-refractivity contribution >= 4 is 23.7 Å². The number of carboxylic acids is 1. The molecule has 5 atom stereocenters. The minimum Gasteiger partial charge on any atom is -0.480 e. The van der Waals surface area contributed by atoms with Gasteiger partial charge in [-0.25, -0.2) is 4.79 Å². The van der Waals surface area contributed by atoms with Gasteiger partial charge in [-0.2, -0.15) is 0 Å². The minimum atomic E-state index is -1.15. The summed E-state index contributed by atoms with van der Waals surface area (Å²) < 4.78 is 0. The van der Waals surface area contributed by atoms with Crippen molar-refractivity contribution in [3.63, 3.8) is 0 Å². The highest BCUT2D eigenvalue weighted by Gasteiger charge is 2.32. The SMILES string of the molecule is CCC(C)C(NC(=O)C(N)Cc1ccccc1)C(=O)NC(CCCCN)C(=O)NC(C(=O)O)C(C)C. The Hall–Kier alpha value is -2.98. The zero-order valence-corrected chi connectivity index (χ0v) is 21.8. The van der Waals surface area contributed by atoms with E-state index in [4.69, 9.17) is 11.5 Å². The molecule has 5 unspecified atom stereocenters. The van der Waals surface area contributed by atoms with E-state index in [2.05, 4.69) is 16.0 Å². The third-order valence-electron chi connectivity index (χ3n) is 6.24. The quantitative estimate of drug-likeness (QED) is 0.181. The molecule has 0 saturated carbocycles. The molecule has 0 aromatic heterocycles. The normalized spacial score (nSPS) is 15.3. The molecule has 1 aromatic carbocycles. The van der Waals surface area contributed by atoms with Gasteiger partial charge in [0.25, 0.3) is 0 Å². The number of rotatable bonds is 16. The topological polar surface area (TPSA) is 177 Å². The molecule has 1 aromatic rings. The van der Waals surface area contributed by atoms with Gasteiger partial charge in [-0.05, 0) is 49.6 Å². The molecule has 202 valence electrons. The molecular formula is C26H43N5O5. The van der Waals surface area contributed by atoms with Crippen LogP contribution in [0.4, 0.5) is 0 Å². The molecular weight excluding hydrogens is 462 g/mol. The molecule has 0 saturated heterocycles. The molecule has 10 heteroatoms. The molecule has 0 heterocycles. The third kappa shape index (κ3) is 10.3. The van der Waals surface area contributed by atoms with E-state index in [1.165, 1.54) is 0 Å². The molecule has 36 heavy (non-hydrogen) atoms. The molecule has 0 radical (unpaired) electrons. The number of nitrogens with two attached hydrogens (primary N) is 2. The summed E-state index contributed by atoms with van der Waals surface area (Å²) in [6, 6.07) is 5.53. The maximum Gasteiger partial charge on any atom is 0.326 e. The Labute approximate surface area is 213 Å². The fraction of sp³-hybridized carbons (Fsp3) is 0.615. The maximum atomic E-state index is 13.3. The maximum absolute atomic E-state index is 13.3. The lowest BCUT2D eigenvalue weighted by atomic mass is 9.96. The van der Waals surface area contributed by atoms with Crippen LogP contribution in [0.1, 0.15) is 58.9 Å². The largest absolute Gasteiger partial charge is 0.480 e. The van der Waals surface area contributed by atoms with Crippen molar-refractivity contribution in [3.05, 3.63) is 35.9 Å². The van der Waals surface area contributed by atoms with Crippen LogP contribution in [-0.4, -0.2) is 59.5 Å². The summed E-state index contributed by atoms with van der Waals surface area (Å²) in [4.78, 5) is 50.6. The van der Waals surface area contributed by atoms with Gasteiger partial charge >= 0.3 is 5.97 Å². The van der Waals surface area contributed by atoms with E-state index in [0.717, 1.165) is 5.56 Å². The van der Waals surface area contributed by atoms with E-state index in [-0.39, 0.29) is 18.3 Å². The molecule has 0 aliphatic carbocycles. The van der Waals surface area contributed by atoms with Crippen molar-refractivity contribution < 1.29 is 24.3 Å². The lowest BCUT2D eigenvalue weighted by molar-refractivity contribution is -0.143. The molecule has 0 aliphatic rings. The Morgan fingerprint density at radius 1 is 0.889 bits per heavy atom. The molecule has 10 nitrogen and oxygen atoms in total. The highest BCUT2D eigenvalue weighted by atomic mass is 16.4. The summed E-state index contributed by atoms with van der Waals surface area (Å²) in [5.41, 5.74) is 12.6. The average Bonchev–Trinajstić information content (AvgIpc) is 2.84. The second-order valence-corrected chi connectivity index (χ2v) is 9.58. The van der Waals surface area contributed by atoms with Gasteiger partial charge in [0.2, 0.25) is 17.7 Å². The fourth-order valence-corrected chi connectivity index (χ4v) is 3.71. The Morgan fingerprint density at radius 3 is 2.03 bits per heavy atom. The lowest BCUT2D eigenvalue weighted by Gasteiger charge is -2.28. The van der Waals surface area contributed by atoms with E-state index in [1.54, 1.807) is 13.8 Å². The van der Waals surface area contributed by atoms with E-state index < -0.39 is 47.9 Å². The van der Waals surface area contributed by atoms with Crippen LogP contribution in [0, 0.1) is 11.8 Å². The van der Waals surface area contributed by atoms with Crippen LogP contribution >= 0.6 is 0 Å². The Morgan fingerprint density at radius 2 is 1.50 bits per heavy atom. The van der Waals surface area contributed by atoms with Gasteiger partial charge in [-0.1, -0.05) is 64.4 Å².